The third-order valence-electron chi connectivity index (χ3n) is 12.2. The number of fused-ring (bicyclic) bond motifs is 2. The molecule has 1 unspecified atom stereocenters. The number of aromatic nitrogens is 4. The normalized spacial score (nSPS) is 19.9. The predicted molar refractivity (Wildman–Crippen MR) is 224 cm³/mol. The third-order valence-corrected chi connectivity index (χ3v) is 12.2. The molecule has 15 nitrogen and oxygen atoms in total. The van der Waals surface area contributed by atoms with Gasteiger partial charge in [0.1, 0.15) is 30.0 Å². The second kappa shape index (κ2) is 18.2. The van der Waals surface area contributed by atoms with Crippen LogP contribution < -0.4 is 10.6 Å². The molecule has 0 saturated carbocycles. The maximum atomic E-state index is 13.9. The summed E-state index contributed by atoms with van der Waals surface area (Å²) in [5.41, 5.74) is 5.58. The van der Waals surface area contributed by atoms with E-state index in [2.05, 4.69) is 63.1 Å². The molecule has 3 aromatic carbocycles. The molecule has 7 atom stereocenters. The van der Waals surface area contributed by atoms with Gasteiger partial charge >= 0.3 is 12.2 Å². The van der Waals surface area contributed by atoms with Gasteiger partial charge < -0.3 is 44.8 Å². The van der Waals surface area contributed by atoms with Crippen LogP contribution in [0.15, 0.2) is 60.8 Å². The number of nitrogens with one attached hydrogen (secondary N) is 4. The molecule has 4 heterocycles. The van der Waals surface area contributed by atoms with Gasteiger partial charge in [-0.3, -0.25) is 9.69 Å². The Bertz CT molecular complexity index is 2270. The average Bonchev–Trinajstić information content (AvgIpc) is 4.06. The lowest BCUT2D eigenvalue weighted by Crippen LogP contribution is -2.55. The zero-order valence-corrected chi connectivity index (χ0v) is 34.7. The maximum absolute atomic E-state index is 13.9. The molecule has 0 radical (unpaired) electrons. The van der Waals surface area contributed by atoms with E-state index in [1.165, 1.54) is 14.2 Å². The van der Waals surface area contributed by atoms with Crippen LogP contribution in [0.5, 0.6) is 0 Å². The molecule has 2 saturated heterocycles. The number of imidazole rings is 2. The first-order chi connectivity index (χ1) is 28.5. The first-order valence-corrected chi connectivity index (χ1v) is 20.6. The van der Waals surface area contributed by atoms with Crippen molar-refractivity contribution in [3.63, 3.8) is 0 Å². The number of aliphatic hydroxyl groups is 1. The van der Waals surface area contributed by atoms with Gasteiger partial charge in [0.05, 0.1) is 62.4 Å². The van der Waals surface area contributed by atoms with Gasteiger partial charge in [-0.15, -0.1) is 0 Å². The molecule has 2 aromatic heterocycles. The lowest BCUT2D eigenvalue weighted by molar-refractivity contribution is -0.144. The molecule has 15 heteroatoms. The number of ether oxygens (including phenoxy) is 3. The third kappa shape index (κ3) is 8.77. The van der Waals surface area contributed by atoms with Crippen molar-refractivity contribution in [3.8, 4) is 22.4 Å². The lowest BCUT2D eigenvalue weighted by Gasteiger charge is -2.37. The summed E-state index contributed by atoms with van der Waals surface area (Å²) in [5.74, 6) is 1.16. The molecule has 5 N–H and O–H groups in total. The summed E-state index contributed by atoms with van der Waals surface area (Å²) in [6, 6.07) is 17.0. The summed E-state index contributed by atoms with van der Waals surface area (Å²) < 4.78 is 15.5. The number of aliphatic hydroxyl groups excluding tert-OH is 1. The zero-order valence-electron chi connectivity index (χ0n) is 34.7. The fraction of sp³-hybridized carbons (Fsp3) is 0.477. The second-order valence-electron chi connectivity index (χ2n) is 15.8. The molecule has 314 valence electrons. The molecular weight excluding hydrogens is 753 g/mol. The van der Waals surface area contributed by atoms with Crippen LogP contribution in [-0.4, -0.2) is 112 Å². The first kappa shape index (κ1) is 41.6. The Hall–Kier alpha value is -5.51. The van der Waals surface area contributed by atoms with E-state index < -0.39 is 36.5 Å². The van der Waals surface area contributed by atoms with Crippen LogP contribution in [0.3, 0.4) is 0 Å². The molecule has 2 fully saturated rings. The van der Waals surface area contributed by atoms with Gasteiger partial charge in [0.2, 0.25) is 5.91 Å². The van der Waals surface area contributed by atoms with Gasteiger partial charge in [-0.25, -0.2) is 19.6 Å². The number of carbonyl (C=O) groups excluding carboxylic acids is 3. The van der Waals surface area contributed by atoms with Crippen molar-refractivity contribution in [3.05, 3.63) is 72.4 Å². The van der Waals surface area contributed by atoms with Gasteiger partial charge in [0, 0.05) is 18.7 Å². The summed E-state index contributed by atoms with van der Waals surface area (Å²) >= 11 is 0. The van der Waals surface area contributed by atoms with E-state index in [4.69, 9.17) is 24.2 Å². The average molecular weight is 809 g/mol. The summed E-state index contributed by atoms with van der Waals surface area (Å²) in [7, 11) is 2.62. The number of alkyl carbamates (subject to hydrolysis) is 2. The minimum Gasteiger partial charge on any atom is -0.453 e. The van der Waals surface area contributed by atoms with E-state index in [0.29, 0.717) is 31.9 Å². The highest BCUT2D eigenvalue weighted by Crippen LogP contribution is 2.36. The van der Waals surface area contributed by atoms with E-state index in [1.54, 1.807) is 4.90 Å². The molecule has 0 bridgehead atoms. The number of hydrogen-bond donors (Lipinski definition) is 5. The number of rotatable bonds is 13. The zero-order chi connectivity index (χ0) is 41.8. The van der Waals surface area contributed by atoms with Crippen molar-refractivity contribution in [2.75, 3.05) is 40.5 Å². The quantitative estimate of drug-likeness (QED) is 0.0860. The number of H-pyrrole nitrogens is 2. The summed E-state index contributed by atoms with van der Waals surface area (Å²) in [6.07, 6.45) is 2.99. The van der Waals surface area contributed by atoms with Crippen LogP contribution in [0.1, 0.15) is 77.1 Å². The Balaban J connectivity index is 1.08. The number of amides is 3. The Labute approximate surface area is 344 Å². The second-order valence-corrected chi connectivity index (χ2v) is 15.8. The number of methoxy groups -OCH3 is 2. The van der Waals surface area contributed by atoms with Gasteiger partial charge in [-0.05, 0) is 70.8 Å². The van der Waals surface area contributed by atoms with Crippen LogP contribution in [0, 0.1) is 11.8 Å². The van der Waals surface area contributed by atoms with Crippen molar-refractivity contribution >= 4 is 39.9 Å². The fourth-order valence-electron chi connectivity index (χ4n) is 8.32. The van der Waals surface area contributed by atoms with Crippen molar-refractivity contribution in [2.24, 2.45) is 11.8 Å². The van der Waals surface area contributed by atoms with E-state index in [9.17, 15) is 19.5 Å². The predicted octanol–water partition coefficient (Wildman–Crippen LogP) is 6.67. The molecule has 2 aliphatic rings. The van der Waals surface area contributed by atoms with Gasteiger partial charge in [-0.2, -0.15) is 0 Å². The Morgan fingerprint density at radius 3 is 2.27 bits per heavy atom. The van der Waals surface area contributed by atoms with Gasteiger partial charge in [0.25, 0.3) is 0 Å². The highest BCUT2D eigenvalue weighted by Gasteiger charge is 2.40. The molecule has 0 spiro atoms. The molecule has 0 aliphatic carbocycles. The maximum Gasteiger partial charge on any atom is 0.407 e. The minimum atomic E-state index is -0.894. The smallest absolute Gasteiger partial charge is 0.407 e. The Kier molecular flexibility index (Phi) is 12.8. The van der Waals surface area contributed by atoms with Crippen LogP contribution in [-0.2, 0) is 19.0 Å². The van der Waals surface area contributed by atoms with Crippen molar-refractivity contribution in [1.29, 1.82) is 0 Å². The van der Waals surface area contributed by atoms with Crippen molar-refractivity contribution in [1.82, 2.24) is 40.4 Å². The number of morpholine rings is 1. The van der Waals surface area contributed by atoms with E-state index >= 15 is 0 Å². The van der Waals surface area contributed by atoms with Crippen molar-refractivity contribution in [2.45, 2.75) is 83.8 Å². The first-order valence-electron chi connectivity index (χ1n) is 20.6. The minimum absolute atomic E-state index is 0.0383. The Morgan fingerprint density at radius 2 is 1.54 bits per heavy atom. The van der Waals surface area contributed by atoms with E-state index in [1.807, 2.05) is 50.9 Å². The summed E-state index contributed by atoms with van der Waals surface area (Å²) in [4.78, 5) is 58.6. The highest BCUT2D eigenvalue weighted by atomic mass is 16.5. The van der Waals surface area contributed by atoms with Gasteiger partial charge in [0.15, 0.2) is 0 Å². The van der Waals surface area contributed by atoms with E-state index in [0.717, 1.165) is 69.3 Å². The molecule has 2 aliphatic heterocycles. The van der Waals surface area contributed by atoms with Crippen LogP contribution in [0.4, 0.5) is 9.59 Å². The molecule has 7 rings (SSSR count). The fourth-order valence-corrected chi connectivity index (χ4v) is 8.32. The standard InChI is InChI=1S/C44H56N8O7/c1-7-25(3)37(49-43(55)57-5)41(53)51-17-9-10-35(51)39-45-23-34(48-39)31-14-13-27-20-28(11-12-29(27)21-31)30-15-16-32-33(22-30)47-40(46-32)36-24-59-19-18-52(36)42(54)38(26(4)8-2)50-44(56)58-6/h11-16,20-23,25-26,35-38,41,53H,7-10,17-19,24H2,1-6H3,(H,45,48)(H,46,47)(H,49,55)(H,50,56)/t25-,26-,35-,36-,37-,38-,41?/m0/s1. The summed E-state index contributed by atoms with van der Waals surface area (Å²) in [6.45, 7) is 9.73. The van der Waals surface area contributed by atoms with Crippen molar-refractivity contribution < 1.29 is 33.7 Å². The molecule has 59 heavy (non-hydrogen) atoms. The van der Waals surface area contributed by atoms with Crippen LogP contribution in [0.2, 0.25) is 0 Å². The number of benzene rings is 3. The van der Waals surface area contributed by atoms with Crippen LogP contribution >= 0.6 is 0 Å². The lowest BCUT2D eigenvalue weighted by atomic mass is 9.96. The molecule has 5 aromatic rings. The number of nitrogens with zero attached hydrogens (tertiary/aromatic N) is 4. The topological polar surface area (TPSA) is 187 Å². The number of hydrogen-bond acceptors (Lipinski definition) is 10. The number of likely N-dealkylation sites (tertiary alicyclic amines) is 1. The SMILES string of the molecule is CC[C@H](C)[C@H](NC(=O)OC)C(=O)N1CCOC[C@H]1c1nc2ccc(-c3ccc4cc(-c5cnc([C@@H]6CCCN6C(O)[C@@H](NC(=O)OC)[C@@H](C)CC)[nH]5)ccc4c3)cc2[nH]1. The largest absolute Gasteiger partial charge is 0.453 e. The monoisotopic (exact) mass is 808 g/mol. The number of aromatic amines is 2. The van der Waals surface area contributed by atoms with Crippen LogP contribution in [0.25, 0.3) is 44.2 Å². The van der Waals surface area contributed by atoms with E-state index in [-0.39, 0.29) is 30.4 Å². The number of carbonyl (C=O) groups is 3. The molecular formula is C44H56N8O7. The highest BCUT2D eigenvalue weighted by molar-refractivity contribution is 5.92. The molecule has 3 amide bonds. The Morgan fingerprint density at radius 1 is 0.864 bits per heavy atom. The summed E-state index contributed by atoms with van der Waals surface area (Å²) in [5, 5.41) is 19.3. The van der Waals surface area contributed by atoms with Gasteiger partial charge in [-0.1, -0.05) is 70.9 Å².